The van der Waals surface area contributed by atoms with Gasteiger partial charge in [0.05, 0.1) is 28.0 Å². The molecule has 20 heteroatoms. The molecule has 9 rings (SSSR count). The molecule has 0 radical (unpaired) electrons. The standard InChI is InChI=1S/C50H58BrF2N10O6P/c1-6-29-23-37(57-49-54-28-34(51)47(59-49)56-38-25-36(53)45-33(46(38)70(4,5)67)10-9-31(7-2)55-45)42(68-8-3)27-40(29)62-17-14-32(15-18-62)61-21-19-60(20-22-61)16-13-30-24-43-41(26-35(30)52)63(50(66)69-43)39-11-12-44(64)58-48(39)65/h9-10,23-28,32,39H,6-8,11-22H2,1-5H3,(H,58,64,65)(H2,54,56,57,59). The van der Waals surface area contributed by atoms with Gasteiger partial charge in [0.15, 0.2) is 11.4 Å². The molecule has 1 unspecified atom stereocenters. The predicted molar refractivity (Wildman–Crippen MR) is 272 cm³/mol. The number of amides is 2. The second-order valence-electron chi connectivity index (χ2n) is 18.5. The van der Waals surface area contributed by atoms with Crippen LogP contribution in [-0.4, -0.2) is 113 Å². The zero-order chi connectivity index (χ0) is 49.4. The number of nitrogens with one attached hydrogen (secondary N) is 3. The van der Waals surface area contributed by atoms with Crippen LogP contribution in [0.25, 0.3) is 22.0 Å². The number of carbonyl (C=O) groups excluding carboxylic acids is 2. The van der Waals surface area contributed by atoms with Crippen LogP contribution in [0.4, 0.5) is 37.6 Å². The van der Waals surface area contributed by atoms with E-state index in [9.17, 15) is 18.9 Å². The average Bonchev–Trinajstić information content (AvgIpc) is 3.65. The van der Waals surface area contributed by atoms with E-state index in [4.69, 9.17) is 14.1 Å². The summed E-state index contributed by atoms with van der Waals surface area (Å²) >= 11 is 3.56. The maximum absolute atomic E-state index is 15.6. The highest BCUT2D eigenvalue weighted by molar-refractivity contribution is 9.10. The van der Waals surface area contributed by atoms with Crippen molar-refractivity contribution < 1.29 is 32.1 Å². The van der Waals surface area contributed by atoms with Crippen LogP contribution in [0.15, 0.2) is 62.3 Å². The number of carbonyl (C=O) groups is 2. The quantitative estimate of drug-likeness (QED) is 0.0665. The van der Waals surface area contributed by atoms with Crippen molar-refractivity contribution in [3.8, 4) is 5.75 Å². The van der Waals surface area contributed by atoms with Gasteiger partial charge in [-0.25, -0.2) is 23.5 Å². The molecule has 3 N–H and O–H groups in total. The van der Waals surface area contributed by atoms with Crippen LogP contribution in [0.5, 0.6) is 5.75 Å². The molecule has 70 heavy (non-hydrogen) atoms. The third-order valence-electron chi connectivity index (χ3n) is 13.7. The molecule has 16 nitrogen and oxygen atoms in total. The van der Waals surface area contributed by atoms with Gasteiger partial charge in [0.1, 0.15) is 36.1 Å². The molecule has 6 aromatic rings. The van der Waals surface area contributed by atoms with E-state index in [2.05, 4.69) is 75.6 Å². The van der Waals surface area contributed by atoms with Gasteiger partial charge in [-0.2, -0.15) is 4.98 Å². The van der Waals surface area contributed by atoms with Crippen LogP contribution >= 0.6 is 23.1 Å². The molecule has 0 saturated carbocycles. The first-order valence-electron chi connectivity index (χ1n) is 24.0. The number of anilines is 5. The van der Waals surface area contributed by atoms with E-state index in [1.54, 1.807) is 31.7 Å². The number of aryl methyl sites for hydroxylation is 2. The van der Waals surface area contributed by atoms with Crippen molar-refractivity contribution in [2.75, 3.05) is 81.3 Å². The van der Waals surface area contributed by atoms with E-state index in [-0.39, 0.29) is 29.5 Å². The molecule has 6 heterocycles. The maximum atomic E-state index is 15.6. The first kappa shape index (κ1) is 49.2. The summed E-state index contributed by atoms with van der Waals surface area (Å²) in [5, 5.41) is 9.87. The van der Waals surface area contributed by atoms with Crippen molar-refractivity contribution >= 4 is 91.0 Å². The number of fused-ring (bicyclic) bond motifs is 2. The van der Waals surface area contributed by atoms with Crippen LogP contribution in [0.2, 0.25) is 0 Å². The molecule has 3 aromatic carbocycles. The third kappa shape index (κ3) is 10.2. The van der Waals surface area contributed by atoms with Gasteiger partial charge in [-0.15, -0.1) is 0 Å². The SMILES string of the molecule is CCOc1cc(N2CCC(N3CCN(CCc4cc5oc(=O)n(C6CCC(=O)NC6=O)c5cc4F)CC3)CC2)c(CC)cc1Nc1ncc(Br)c(Nc2cc(F)c3nc(CC)ccc3c2P(C)(C)=O)n1. The maximum Gasteiger partial charge on any atom is 0.420 e. The lowest BCUT2D eigenvalue weighted by Crippen LogP contribution is -2.53. The van der Waals surface area contributed by atoms with Gasteiger partial charge in [0.2, 0.25) is 17.8 Å². The highest BCUT2D eigenvalue weighted by Crippen LogP contribution is 2.43. The first-order chi connectivity index (χ1) is 33.6. The highest BCUT2D eigenvalue weighted by atomic mass is 79.9. The van der Waals surface area contributed by atoms with Gasteiger partial charge in [0.25, 0.3) is 0 Å². The van der Waals surface area contributed by atoms with Gasteiger partial charge in [-0.3, -0.25) is 24.4 Å². The molecule has 0 bridgehead atoms. The van der Waals surface area contributed by atoms with Crippen molar-refractivity contribution in [1.29, 1.82) is 0 Å². The number of piperidine rings is 2. The first-order valence-corrected chi connectivity index (χ1v) is 27.4. The average molecular weight is 1040 g/mol. The van der Waals surface area contributed by atoms with Gasteiger partial charge < -0.3 is 34.2 Å². The fourth-order valence-corrected chi connectivity index (χ4v) is 11.8. The normalized spacial score (nSPS) is 17.7. The molecule has 370 valence electrons. The predicted octanol–water partition coefficient (Wildman–Crippen LogP) is 8.04. The molecule has 3 aliphatic rings. The van der Waals surface area contributed by atoms with Gasteiger partial charge >= 0.3 is 5.76 Å². The zero-order valence-electron chi connectivity index (χ0n) is 40.0. The van der Waals surface area contributed by atoms with Crippen LogP contribution in [0.1, 0.15) is 69.3 Å². The number of halogens is 3. The molecule has 2 amide bonds. The number of piperazine rings is 1. The molecule has 3 fully saturated rings. The van der Waals surface area contributed by atoms with E-state index in [0.717, 1.165) is 80.0 Å². The minimum Gasteiger partial charge on any atom is -0.492 e. The minimum atomic E-state index is -2.94. The number of pyridine rings is 1. The fourth-order valence-electron chi connectivity index (χ4n) is 10.1. The second kappa shape index (κ2) is 20.5. The van der Waals surface area contributed by atoms with Crippen molar-refractivity contribution in [3.05, 3.63) is 92.1 Å². The lowest BCUT2D eigenvalue weighted by Gasteiger charge is -2.43. The van der Waals surface area contributed by atoms with Crippen LogP contribution < -0.4 is 36.6 Å². The van der Waals surface area contributed by atoms with Crippen LogP contribution in [-0.2, 0) is 33.4 Å². The molecular weight excluding hydrogens is 985 g/mol. The smallest absolute Gasteiger partial charge is 0.420 e. The summed E-state index contributed by atoms with van der Waals surface area (Å²) in [6.07, 6.45) is 5.74. The van der Waals surface area contributed by atoms with Crippen LogP contribution in [0.3, 0.4) is 0 Å². The van der Waals surface area contributed by atoms with E-state index in [0.29, 0.717) is 81.7 Å². The Morgan fingerprint density at radius 2 is 1.66 bits per heavy atom. The number of hydrogen-bond donors (Lipinski definition) is 3. The van der Waals surface area contributed by atoms with E-state index in [1.165, 1.54) is 12.1 Å². The van der Waals surface area contributed by atoms with Crippen molar-refractivity contribution in [1.82, 2.24) is 34.6 Å². The monoisotopic (exact) mass is 1040 g/mol. The minimum absolute atomic E-state index is 0.0890. The topological polar surface area (TPSA) is 180 Å². The van der Waals surface area contributed by atoms with Crippen molar-refractivity contribution in [3.63, 3.8) is 0 Å². The number of ether oxygens (including phenoxy) is 1. The molecule has 1 atom stereocenters. The van der Waals surface area contributed by atoms with Gasteiger partial charge in [-0.05, 0) is 104 Å². The number of hydrogen-bond acceptors (Lipinski definition) is 14. The Labute approximate surface area is 413 Å². The molecule has 3 aromatic heterocycles. The summed E-state index contributed by atoms with van der Waals surface area (Å²) in [6.45, 7) is 15.8. The number of aromatic nitrogens is 4. The summed E-state index contributed by atoms with van der Waals surface area (Å²) in [5.74, 6) is -1.41. The van der Waals surface area contributed by atoms with Crippen molar-refractivity contribution in [2.45, 2.75) is 77.8 Å². The zero-order valence-corrected chi connectivity index (χ0v) is 42.5. The van der Waals surface area contributed by atoms with E-state index in [1.807, 2.05) is 19.9 Å². The number of nitrogens with zero attached hydrogens (tertiary/aromatic N) is 7. The summed E-state index contributed by atoms with van der Waals surface area (Å²) in [7, 11) is -2.94. The van der Waals surface area contributed by atoms with Gasteiger partial charge in [0, 0.05) is 105 Å². The number of benzene rings is 3. The summed E-state index contributed by atoms with van der Waals surface area (Å²) in [4.78, 5) is 58.1. The summed E-state index contributed by atoms with van der Waals surface area (Å²) in [6, 6.07) is 11.5. The second-order valence-corrected chi connectivity index (χ2v) is 22.5. The highest BCUT2D eigenvalue weighted by Gasteiger charge is 2.33. The van der Waals surface area contributed by atoms with Crippen molar-refractivity contribution in [2.24, 2.45) is 0 Å². The Bertz CT molecular complexity index is 3090. The number of rotatable bonds is 15. The Kier molecular flexibility index (Phi) is 14.4. The fraction of sp³-hybridized carbons (Fsp3) is 0.440. The van der Waals surface area contributed by atoms with Crippen LogP contribution in [0, 0.1) is 11.6 Å². The number of imide groups is 1. The largest absolute Gasteiger partial charge is 0.492 e. The molecule has 0 spiro atoms. The Hall–Kier alpha value is -5.75. The lowest BCUT2D eigenvalue weighted by atomic mass is 9.99. The lowest BCUT2D eigenvalue weighted by molar-refractivity contribution is -0.135. The number of oxazole rings is 1. The Morgan fingerprint density at radius 3 is 2.36 bits per heavy atom. The van der Waals surface area contributed by atoms with E-state index < -0.39 is 42.4 Å². The van der Waals surface area contributed by atoms with E-state index >= 15 is 8.78 Å². The van der Waals surface area contributed by atoms with Gasteiger partial charge in [-0.1, -0.05) is 19.9 Å². The molecule has 0 aliphatic carbocycles. The molecule has 3 aliphatic heterocycles. The third-order valence-corrected chi connectivity index (χ3v) is 15.8. The Morgan fingerprint density at radius 1 is 0.886 bits per heavy atom. The Balaban J connectivity index is 0.826. The summed E-state index contributed by atoms with van der Waals surface area (Å²) in [5.41, 5.74) is 5.14. The molecular formula is C50H58BrF2N10O6P. The summed E-state index contributed by atoms with van der Waals surface area (Å²) < 4.78 is 58.2. The molecule has 3 saturated heterocycles.